The minimum atomic E-state index is -3.62. The minimum Gasteiger partial charge on any atom is -0.464 e. The fourth-order valence-electron chi connectivity index (χ4n) is 4.11. The van der Waals surface area contributed by atoms with Crippen LogP contribution in [0.15, 0.2) is 63.2 Å². The highest BCUT2D eigenvalue weighted by Gasteiger charge is 2.37. The summed E-state index contributed by atoms with van der Waals surface area (Å²) in [4.78, 5) is 16.4. The van der Waals surface area contributed by atoms with E-state index in [1.54, 1.807) is 23.5 Å². The largest absolute Gasteiger partial charge is 0.464 e. The average Bonchev–Trinajstić information content (AvgIpc) is 3.66. The Labute approximate surface area is 198 Å². The number of rotatable bonds is 10. The van der Waals surface area contributed by atoms with Crippen molar-refractivity contribution in [2.24, 2.45) is 5.92 Å². The molecule has 0 spiro atoms. The third-order valence-electron chi connectivity index (χ3n) is 6.39. The van der Waals surface area contributed by atoms with E-state index in [9.17, 15) is 13.2 Å². The smallest absolute Gasteiger partial charge is 0.254 e. The van der Waals surface area contributed by atoms with Gasteiger partial charge in [0, 0.05) is 28.9 Å². The number of nitrogens with one attached hydrogen (secondary N) is 1. The number of furan rings is 1. The molecule has 3 aromatic rings. The summed E-state index contributed by atoms with van der Waals surface area (Å²) in [7, 11) is -3.62. The lowest BCUT2D eigenvalue weighted by Crippen LogP contribution is -2.32. The number of benzene rings is 1. The Morgan fingerprint density at radius 2 is 1.91 bits per heavy atom. The van der Waals surface area contributed by atoms with Crippen molar-refractivity contribution < 1.29 is 17.6 Å². The van der Waals surface area contributed by atoms with Crippen molar-refractivity contribution in [3.05, 3.63) is 75.9 Å². The van der Waals surface area contributed by atoms with Crippen molar-refractivity contribution in [2.45, 2.75) is 56.0 Å². The molecular weight excluding hydrogens is 456 g/mol. The summed E-state index contributed by atoms with van der Waals surface area (Å²) >= 11 is 1.61. The molecule has 1 amide bonds. The Balaban J connectivity index is 1.23. The van der Waals surface area contributed by atoms with Crippen LogP contribution in [0.4, 0.5) is 0 Å². The van der Waals surface area contributed by atoms with Crippen LogP contribution >= 0.6 is 11.3 Å². The second kappa shape index (κ2) is 9.08. The van der Waals surface area contributed by atoms with Crippen molar-refractivity contribution in [1.82, 2.24) is 9.62 Å². The minimum absolute atomic E-state index is 0.0927. The van der Waals surface area contributed by atoms with Gasteiger partial charge in [-0.25, -0.2) is 13.1 Å². The Kier molecular flexibility index (Phi) is 6.16. The van der Waals surface area contributed by atoms with Crippen LogP contribution in [0.3, 0.4) is 0 Å². The molecule has 1 N–H and O–H groups in total. The number of nitrogens with zero attached hydrogens (tertiary/aromatic N) is 1. The Bertz CT molecular complexity index is 1210. The lowest BCUT2D eigenvalue weighted by molar-refractivity contribution is 0.0716. The molecule has 0 aliphatic heterocycles. The number of carbonyl (C=O) groups is 1. The van der Waals surface area contributed by atoms with Crippen LogP contribution in [0.2, 0.25) is 0 Å². The Morgan fingerprint density at radius 1 is 1.15 bits per heavy atom. The molecule has 0 saturated heterocycles. The first-order chi connectivity index (χ1) is 15.9. The van der Waals surface area contributed by atoms with E-state index in [4.69, 9.17) is 4.42 Å². The zero-order valence-electron chi connectivity index (χ0n) is 18.6. The molecule has 2 heterocycles. The van der Waals surface area contributed by atoms with Gasteiger partial charge in [0.2, 0.25) is 10.0 Å². The summed E-state index contributed by atoms with van der Waals surface area (Å²) < 4.78 is 33.9. The van der Waals surface area contributed by atoms with Gasteiger partial charge < -0.3 is 9.32 Å². The number of hydrogen-bond acceptors (Lipinski definition) is 5. The average molecular weight is 485 g/mol. The summed E-state index contributed by atoms with van der Waals surface area (Å²) in [5.41, 5.74) is 0.488. The molecule has 2 saturated carbocycles. The van der Waals surface area contributed by atoms with Gasteiger partial charge in [-0.05, 0) is 79.4 Å². The summed E-state index contributed by atoms with van der Waals surface area (Å²) in [6.45, 7) is 2.99. The maximum Gasteiger partial charge on any atom is 0.254 e. The van der Waals surface area contributed by atoms with Crippen LogP contribution in [0.5, 0.6) is 0 Å². The molecule has 33 heavy (non-hydrogen) atoms. The zero-order chi connectivity index (χ0) is 23.0. The van der Waals surface area contributed by atoms with Crippen molar-refractivity contribution in [3.63, 3.8) is 0 Å². The van der Waals surface area contributed by atoms with Crippen LogP contribution in [-0.4, -0.2) is 31.8 Å². The first kappa shape index (κ1) is 22.4. The molecule has 2 unspecified atom stereocenters. The first-order valence-electron chi connectivity index (χ1n) is 11.4. The maximum atomic E-state index is 13.2. The molecule has 0 radical (unpaired) electrons. The monoisotopic (exact) mass is 484 g/mol. The van der Waals surface area contributed by atoms with Gasteiger partial charge in [0.15, 0.2) is 0 Å². The van der Waals surface area contributed by atoms with Crippen LogP contribution < -0.4 is 4.72 Å². The van der Waals surface area contributed by atoms with Gasteiger partial charge in [-0.1, -0.05) is 13.0 Å². The summed E-state index contributed by atoms with van der Waals surface area (Å²) in [6.07, 6.45) is 3.79. The quantitative estimate of drug-likeness (QED) is 0.449. The third-order valence-corrected chi connectivity index (χ3v) is 8.80. The normalized spacial score (nSPS) is 20.0. The fraction of sp³-hybridized carbons (Fsp3) is 0.400. The number of hydrogen-bond donors (Lipinski definition) is 1. The van der Waals surface area contributed by atoms with E-state index in [0.29, 0.717) is 36.9 Å². The molecule has 2 aromatic heterocycles. The van der Waals surface area contributed by atoms with E-state index in [0.717, 1.165) is 35.7 Å². The van der Waals surface area contributed by atoms with Crippen LogP contribution in [0.25, 0.3) is 0 Å². The highest BCUT2D eigenvalue weighted by molar-refractivity contribution is 7.89. The van der Waals surface area contributed by atoms with Gasteiger partial charge >= 0.3 is 0 Å². The van der Waals surface area contributed by atoms with E-state index >= 15 is 0 Å². The predicted molar refractivity (Wildman–Crippen MR) is 128 cm³/mol. The van der Waals surface area contributed by atoms with Crippen LogP contribution in [0.1, 0.15) is 58.9 Å². The van der Waals surface area contributed by atoms with Crippen LogP contribution in [-0.2, 0) is 23.0 Å². The lowest BCUT2D eigenvalue weighted by Gasteiger charge is -2.21. The number of thiophene rings is 1. The SMILES string of the molecule is CC1CC1c1ccc(CN(C(=O)c2ccc(S(=O)(=O)NCCc3cccs3)cc2)C2CC2)o1. The fourth-order valence-corrected chi connectivity index (χ4v) is 5.85. The Hall–Kier alpha value is -2.42. The first-order valence-corrected chi connectivity index (χ1v) is 13.8. The van der Waals surface area contributed by atoms with Gasteiger partial charge in [0.1, 0.15) is 11.5 Å². The summed E-state index contributed by atoms with van der Waals surface area (Å²) in [5, 5.41) is 1.98. The van der Waals surface area contributed by atoms with Gasteiger partial charge in [0.25, 0.3) is 5.91 Å². The van der Waals surface area contributed by atoms with Crippen molar-refractivity contribution in [3.8, 4) is 0 Å². The standard InChI is InChI=1S/C25H28N2O4S2/c1-17-15-23(17)24-11-8-20(31-24)16-27(19-6-7-19)25(28)18-4-9-22(10-5-18)33(29,30)26-13-12-21-3-2-14-32-21/h2-5,8-11,14,17,19,23,26H,6-7,12-13,15-16H2,1H3. The van der Waals surface area contributed by atoms with Gasteiger partial charge in [-0.3, -0.25) is 4.79 Å². The van der Waals surface area contributed by atoms with Gasteiger partial charge in [-0.15, -0.1) is 11.3 Å². The zero-order valence-corrected chi connectivity index (χ0v) is 20.2. The summed E-state index contributed by atoms with van der Waals surface area (Å²) in [5.74, 6) is 2.91. The number of carbonyl (C=O) groups excluding carboxylic acids is 1. The van der Waals surface area contributed by atoms with E-state index in [1.807, 2.05) is 34.5 Å². The molecule has 6 nitrogen and oxygen atoms in total. The highest BCUT2D eigenvalue weighted by atomic mass is 32.2. The van der Waals surface area contributed by atoms with Crippen molar-refractivity contribution >= 4 is 27.3 Å². The molecule has 8 heteroatoms. The van der Waals surface area contributed by atoms with E-state index in [2.05, 4.69) is 11.6 Å². The molecule has 2 aliphatic rings. The molecular formula is C25H28N2O4S2. The van der Waals surface area contributed by atoms with Gasteiger partial charge in [0.05, 0.1) is 11.4 Å². The highest BCUT2D eigenvalue weighted by Crippen LogP contribution is 2.47. The number of sulfonamides is 1. The molecule has 2 aliphatic carbocycles. The van der Waals surface area contributed by atoms with Crippen LogP contribution in [0, 0.1) is 5.92 Å². The van der Waals surface area contributed by atoms with Crippen molar-refractivity contribution in [2.75, 3.05) is 6.54 Å². The van der Waals surface area contributed by atoms with E-state index < -0.39 is 10.0 Å². The van der Waals surface area contributed by atoms with E-state index in [-0.39, 0.29) is 16.8 Å². The molecule has 2 atom stereocenters. The third kappa shape index (κ3) is 5.23. The Morgan fingerprint density at radius 3 is 2.55 bits per heavy atom. The molecule has 1 aromatic carbocycles. The predicted octanol–water partition coefficient (Wildman–Crippen LogP) is 4.79. The number of amides is 1. The second-order valence-corrected chi connectivity index (χ2v) is 11.8. The van der Waals surface area contributed by atoms with E-state index in [1.165, 1.54) is 12.1 Å². The molecule has 174 valence electrons. The van der Waals surface area contributed by atoms with Crippen molar-refractivity contribution in [1.29, 1.82) is 0 Å². The lowest BCUT2D eigenvalue weighted by atomic mass is 10.2. The maximum absolute atomic E-state index is 13.2. The van der Waals surface area contributed by atoms with Gasteiger partial charge in [-0.2, -0.15) is 0 Å². The molecule has 5 rings (SSSR count). The topological polar surface area (TPSA) is 79.6 Å². The molecule has 2 fully saturated rings. The second-order valence-electron chi connectivity index (χ2n) is 9.04. The molecule has 0 bridgehead atoms. The summed E-state index contributed by atoms with van der Waals surface area (Å²) in [6, 6.07) is 14.4.